The van der Waals surface area contributed by atoms with Crippen LogP contribution in [0.3, 0.4) is 0 Å². The minimum Gasteiger partial charge on any atom is -0.272 e. The van der Waals surface area contributed by atoms with E-state index in [1.807, 2.05) is 18.2 Å². The number of hydrogen-bond donors (Lipinski definition) is 1. The number of pyridine rings is 1. The van der Waals surface area contributed by atoms with E-state index < -0.39 is 0 Å². The van der Waals surface area contributed by atoms with Crippen LogP contribution in [0.1, 0.15) is 12.5 Å². The van der Waals surface area contributed by atoms with Crippen molar-refractivity contribution in [1.82, 2.24) is 20.0 Å². The fraction of sp³-hybridized carbons (Fsp3) is 0.0870. The van der Waals surface area contributed by atoms with Crippen LogP contribution in [0.25, 0.3) is 16.6 Å². The highest BCUT2D eigenvalue weighted by Crippen LogP contribution is 2.22. The Labute approximate surface area is 193 Å². The number of hydrazone groups is 1. The number of fused-ring (bicyclic) bond motifs is 1. The summed E-state index contributed by atoms with van der Waals surface area (Å²) in [6, 6.07) is 17.6. The Morgan fingerprint density at radius 3 is 2.56 bits per heavy atom. The number of hydrogen-bond acceptors (Lipinski definition) is 6. The van der Waals surface area contributed by atoms with Crippen LogP contribution in [-0.4, -0.2) is 31.9 Å². The Morgan fingerprint density at radius 2 is 1.81 bits per heavy atom. The number of rotatable bonds is 6. The van der Waals surface area contributed by atoms with Crippen LogP contribution in [-0.2, 0) is 4.79 Å². The molecule has 9 heteroatoms. The van der Waals surface area contributed by atoms with Gasteiger partial charge < -0.3 is 0 Å². The van der Waals surface area contributed by atoms with Crippen molar-refractivity contribution in [2.24, 2.45) is 5.10 Å². The molecule has 0 atom stereocenters. The van der Waals surface area contributed by atoms with Gasteiger partial charge in [0.25, 0.3) is 11.5 Å². The topological polar surface area (TPSA) is 89.2 Å². The minimum atomic E-state index is -0.312. The van der Waals surface area contributed by atoms with E-state index in [-0.39, 0.29) is 17.2 Å². The van der Waals surface area contributed by atoms with Crippen LogP contribution < -0.4 is 11.0 Å². The Kier molecular flexibility index (Phi) is 6.63. The first-order chi connectivity index (χ1) is 15.5. The monoisotopic (exact) mass is 463 g/mol. The van der Waals surface area contributed by atoms with Crippen molar-refractivity contribution in [2.75, 3.05) is 5.75 Å². The van der Waals surface area contributed by atoms with Crippen molar-refractivity contribution < 1.29 is 4.79 Å². The highest BCUT2D eigenvalue weighted by atomic mass is 35.5. The van der Waals surface area contributed by atoms with Crippen molar-refractivity contribution in [2.45, 2.75) is 12.1 Å². The molecule has 0 saturated heterocycles. The Balaban J connectivity index is 1.59. The normalized spacial score (nSPS) is 11.5. The third-order valence-electron chi connectivity index (χ3n) is 4.61. The maximum Gasteiger partial charge on any atom is 0.266 e. The number of carbonyl (C=O) groups is 1. The second-order valence-corrected chi connectivity index (χ2v) is 8.16. The summed E-state index contributed by atoms with van der Waals surface area (Å²) < 4.78 is 1.49. The first-order valence-corrected chi connectivity index (χ1v) is 11.0. The lowest BCUT2D eigenvalue weighted by Gasteiger charge is -2.13. The average Bonchev–Trinajstić information content (AvgIpc) is 2.82. The van der Waals surface area contributed by atoms with Gasteiger partial charge in [-0.05, 0) is 55.5 Å². The van der Waals surface area contributed by atoms with E-state index >= 15 is 0 Å². The summed E-state index contributed by atoms with van der Waals surface area (Å²) in [4.78, 5) is 34.2. The molecule has 0 bridgehead atoms. The molecule has 0 unspecified atom stereocenters. The highest BCUT2D eigenvalue weighted by Gasteiger charge is 2.15. The third kappa shape index (κ3) is 4.87. The molecule has 0 aliphatic heterocycles. The molecule has 2 heterocycles. The molecule has 4 rings (SSSR count). The zero-order valence-corrected chi connectivity index (χ0v) is 18.6. The predicted octanol–water partition coefficient (Wildman–Crippen LogP) is 4.07. The second kappa shape index (κ2) is 9.76. The molecular weight excluding hydrogens is 446 g/mol. The van der Waals surface area contributed by atoms with Gasteiger partial charge in [0.15, 0.2) is 5.16 Å². The van der Waals surface area contributed by atoms with Gasteiger partial charge in [-0.1, -0.05) is 35.5 Å². The molecule has 7 nitrogen and oxygen atoms in total. The SMILES string of the molecule is C/C(=N/NC(=O)CSc1nc2ccccc2c(=O)n1-c1ccc(Cl)cc1)c1ccncc1. The molecule has 2 aromatic carbocycles. The van der Waals surface area contributed by atoms with Crippen molar-refractivity contribution in [1.29, 1.82) is 0 Å². The van der Waals surface area contributed by atoms with E-state index in [1.165, 1.54) is 4.57 Å². The van der Waals surface area contributed by atoms with Crippen LogP contribution in [0.5, 0.6) is 0 Å². The smallest absolute Gasteiger partial charge is 0.266 e. The molecule has 1 N–H and O–H groups in total. The van der Waals surface area contributed by atoms with Crippen LogP contribution in [0.4, 0.5) is 0 Å². The zero-order chi connectivity index (χ0) is 22.5. The van der Waals surface area contributed by atoms with E-state index in [4.69, 9.17) is 11.6 Å². The van der Waals surface area contributed by atoms with Crippen LogP contribution in [0.2, 0.25) is 5.02 Å². The van der Waals surface area contributed by atoms with Gasteiger partial charge in [-0.3, -0.25) is 19.1 Å². The third-order valence-corrected chi connectivity index (χ3v) is 5.80. The van der Waals surface area contributed by atoms with E-state index in [1.54, 1.807) is 61.8 Å². The molecule has 0 radical (unpaired) electrons. The van der Waals surface area contributed by atoms with Crippen LogP contribution >= 0.6 is 23.4 Å². The predicted molar refractivity (Wildman–Crippen MR) is 128 cm³/mol. The summed E-state index contributed by atoms with van der Waals surface area (Å²) in [5.74, 6) is -0.278. The van der Waals surface area contributed by atoms with Gasteiger partial charge in [0, 0.05) is 23.0 Å². The number of thioether (sulfide) groups is 1. The molecule has 1 amide bonds. The Bertz CT molecular complexity index is 1350. The molecule has 0 saturated carbocycles. The number of halogens is 1. The average molecular weight is 464 g/mol. The summed E-state index contributed by atoms with van der Waals surface area (Å²) in [7, 11) is 0. The zero-order valence-electron chi connectivity index (χ0n) is 17.0. The second-order valence-electron chi connectivity index (χ2n) is 6.79. The minimum absolute atomic E-state index is 0.0332. The Morgan fingerprint density at radius 1 is 1.09 bits per heavy atom. The number of amides is 1. The van der Waals surface area contributed by atoms with Crippen molar-refractivity contribution in [3.05, 3.63) is 94.0 Å². The summed E-state index contributed by atoms with van der Waals surface area (Å²) >= 11 is 7.16. The van der Waals surface area contributed by atoms with E-state index in [0.717, 1.165) is 17.3 Å². The fourth-order valence-corrected chi connectivity index (χ4v) is 3.92. The number of benzene rings is 2. The molecule has 0 spiro atoms. The molecular formula is C23H18ClN5O2S. The van der Waals surface area contributed by atoms with Gasteiger partial charge in [0.05, 0.1) is 28.1 Å². The van der Waals surface area contributed by atoms with Gasteiger partial charge in [-0.15, -0.1) is 0 Å². The van der Waals surface area contributed by atoms with Gasteiger partial charge in [-0.25, -0.2) is 10.4 Å². The number of aromatic nitrogens is 3. The fourth-order valence-electron chi connectivity index (χ4n) is 2.99. The lowest BCUT2D eigenvalue weighted by atomic mass is 10.2. The lowest BCUT2D eigenvalue weighted by molar-refractivity contribution is -0.118. The number of nitrogens with one attached hydrogen (secondary N) is 1. The van der Waals surface area contributed by atoms with E-state index in [9.17, 15) is 9.59 Å². The van der Waals surface area contributed by atoms with Crippen molar-refractivity contribution >= 4 is 45.9 Å². The molecule has 160 valence electrons. The summed E-state index contributed by atoms with van der Waals surface area (Å²) in [5.41, 5.74) is 5.04. The first-order valence-electron chi connectivity index (χ1n) is 9.67. The van der Waals surface area contributed by atoms with Crippen LogP contribution in [0.15, 0.2) is 88.1 Å². The molecule has 32 heavy (non-hydrogen) atoms. The van der Waals surface area contributed by atoms with Crippen molar-refractivity contribution in [3.63, 3.8) is 0 Å². The maximum atomic E-state index is 13.2. The molecule has 0 aliphatic carbocycles. The van der Waals surface area contributed by atoms with Crippen molar-refractivity contribution in [3.8, 4) is 5.69 Å². The van der Waals surface area contributed by atoms with Gasteiger partial charge in [0.1, 0.15) is 0 Å². The maximum absolute atomic E-state index is 13.2. The first kappa shape index (κ1) is 21.7. The standard InChI is InChI=1S/C23H18ClN5O2S/c1-15(16-10-12-25-13-11-16)27-28-21(30)14-32-23-26-20-5-3-2-4-19(20)22(31)29(23)18-8-6-17(24)7-9-18/h2-13H,14H2,1H3,(H,28,30)/b27-15-. The summed E-state index contributed by atoms with van der Waals surface area (Å²) in [6.45, 7) is 1.80. The highest BCUT2D eigenvalue weighted by molar-refractivity contribution is 7.99. The molecule has 2 aromatic heterocycles. The van der Waals surface area contributed by atoms with Gasteiger partial charge >= 0.3 is 0 Å². The van der Waals surface area contributed by atoms with Gasteiger partial charge in [0.2, 0.25) is 0 Å². The van der Waals surface area contributed by atoms with E-state index in [0.29, 0.717) is 32.5 Å². The molecule has 0 aliphatic rings. The quantitative estimate of drug-likeness (QED) is 0.201. The molecule has 4 aromatic rings. The molecule has 0 fully saturated rings. The Hall–Kier alpha value is -3.49. The van der Waals surface area contributed by atoms with Crippen LogP contribution in [0, 0.1) is 0 Å². The van der Waals surface area contributed by atoms with E-state index in [2.05, 4.69) is 20.5 Å². The number of carbonyl (C=O) groups excluding carboxylic acids is 1. The summed E-state index contributed by atoms with van der Waals surface area (Å²) in [6.07, 6.45) is 3.32. The largest absolute Gasteiger partial charge is 0.272 e. The number of para-hydroxylation sites is 1. The summed E-state index contributed by atoms with van der Waals surface area (Å²) in [5, 5.41) is 5.60. The lowest BCUT2D eigenvalue weighted by Crippen LogP contribution is -2.24. The van der Waals surface area contributed by atoms with Gasteiger partial charge in [-0.2, -0.15) is 5.10 Å². The number of nitrogens with zero attached hydrogens (tertiary/aromatic N) is 4.